The molecule has 0 saturated heterocycles. The van der Waals surface area contributed by atoms with Gasteiger partial charge in [0.25, 0.3) is 0 Å². The molecule has 0 bridgehead atoms. The van der Waals surface area contributed by atoms with E-state index in [1.165, 1.54) is 64.2 Å². The van der Waals surface area contributed by atoms with E-state index in [4.69, 9.17) is 5.73 Å². The van der Waals surface area contributed by atoms with E-state index in [1.807, 2.05) is 0 Å². The lowest BCUT2D eigenvalue weighted by Gasteiger charge is -2.35. The van der Waals surface area contributed by atoms with Crippen molar-refractivity contribution in [3.05, 3.63) is 0 Å². The molecule has 0 aromatic rings. The van der Waals surface area contributed by atoms with Crippen molar-refractivity contribution in [3.8, 4) is 0 Å². The minimum Gasteiger partial charge on any atom is -0.273 e. The minimum atomic E-state index is -0.265. The zero-order valence-corrected chi connectivity index (χ0v) is 10.2. The topological polar surface area (TPSA) is 40.9 Å². The van der Waals surface area contributed by atoms with Crippen molar-refractivity contribution in [2.45, 2.75) is 64.2 Å². The molecule has 2 aliphatic rings. The Morgan fingerprint density at radius 2 is 1.19 bits per heavy atom. The molecule has 0 aliphatic heterocycles. The largest absolute Gasteiger partial charge is 0.273 e. The zero-order valence-electron chi connectivity index (χ0n) is 10.2. The van der Waals surface area contributed by atoms with Crippen LogP contribution in [-0.2, 0) is 4.79 Å². The highest BCUT2D eigenvalue weighted by Gasteiger charge is 2.35. The van der Waals surface area contributed by atoms with Gasteiger partial charge in [-0.3, -0.25) is 10.5 Å². The second kappa shape index (κ2) is 5.70. The number of hydrogen-bond acceptors (Lipinski definition) is 1. The lowest BCUT2D eigenvalue weighted by atomic mass is 9.69. The molecule has 2 fully saturated rings. The molecule has 91 valence electrons. The van der Waals surface area contributed by atoms with Crippen molar-refractivity contribution in [1.29, 1.82) is 0 Å². The molecular weight excluding hydrogens is 198 g/mol. The summed E-state index contributed by atoms with van der Waals surface area (Å²) >= 11 is 0. The van der Waals surface area contributed by atoms with Gasteiger partial charge in [-0.1, -0.05) is 38.5 Å². The zero-order chi connectivity index (χ0) is 11.4. The summed E-state index contributed by atoms with van der Waals surface area (Å²) in [6.07, 6.45) is 12.6. The highest BCUT2D eigenvalue weighted by atomic mass is 16.1. The summed E-state index contributed by atoms with van der Waals surface area (Å²) in [5, 5.41) is 0. The van der Waals surface area contributed by atoms with Gasteiger partial charge in [0.15, 0.2) is 0 Å². The van der Waals surface area contributed by atoms with Gasteiger partial charge < -0.3 is 0 Å². The highest BCUT2D eigenvalue weighted by molar-refractivity contribution is 5.76. The molecule has 1 amide bonds. The summed E-state index contributed by atoms with van der Waals surface area (Å²) in [6, 6.07) is 0. The summed E-state index contributed by atoms with van der Waals surface area (Å²) in [4.78, 5) is 11.6. The SMILES string of the molecule is [NH]C(=O)C(C1CCCCC1)C1CCCCC1. The minimum absolute atomic E-state index is 0.0839. The Hall–Kier alpha value is -0.530. The van der Waals surface area contributed by atoms with E-state index in [0.29, 0.717) is 11.8 Å². The molecule has 2 heteroatoms. The van der Waals surface area contributed by atoms with Crippen molar-refractivity contribution in [1.82, 2.24) is 5.73 Å². The predicted molar refractivity (Wildman–Crippen MR) is 64.7 cm³/mol. The van der Waals surface area contributed by atoms with E-state index in [-0.39, 0.29) is 11.8 Å². The first-order valence-corrected chi connectivity index (χ1v) is 7.04. The fourth-order valence-corrected chi connectivity index (χ4v) is 3.80. The summed E-state index contributed by atoms with van der Waals surface area (Å²) < 4.78 is 0. The number of nitrogens with one attached hydrogen (secondary N) is 1. The Labute approximate surface area is 99.0 Å². The quantitative estimate of drug-likeness (QED) is 0.719. The lowest BCUT2D eigenvalue weighted by Crippen LogP contribution is -2.34. The van der Waals surface area contributed by atoms with Crippen molar-refractivity contribution in [3.63, 3.8) is 0 Å². The third-order valence-electron chi connectivity index (χ3n) is 4.62. The Morgan fingerprint density at radius 1 is 0.812 bits per heavy atom. The second-order valence-electron chi connectivity index (χ2n) is 5.69. The maximum atomic E-state index is 11.6. The number of amides is 1. The molecule has 0 heterocycles. The third-order valence-corrected chi connectivity index (χ3v) is 4.62. The van der Waals surface area contributed by atoms with Gasteiger partial charge in [0.1, 0.15) is 0 Å². The molecule has 1 N–H and O–H groups in total. The van der Waals surface area contributed by atoms with Crippen LogP contribution in [0.3, 0.4) is 0 Å². The first-order chi connectivity index (χ1) is 7.79. The number of hydrogen-bond donors (Lipinski definition) is 0. The number of carbonyl (C=O) groups excluding carboxylic acids is 1. The van der Waals surface area contributed by atoms with Gasteiger partial charge in [-0.15, -0.1) is 0 Å². The van der Waals surface area contributed by atoms with Crippen LogP contribution in [0.25, 0.3) is 0 Å². The van der Waals surface area contributed by atoms with E-state index >= 15 is 0 Å². The number of carbonyl (C=O) groups is 1. The molecular formula is C14H24NO. The van der Waals surface area contributed by atoms with E-state index < -0.39 is 0 Å². The fourth-order valence-electron chi connectivity index (χ4n) is 3.80. The summed E-state index contributed by atoms with van der Waals surface area (Å²) in [7, 11) is 0. The third kappa shape index (κ3) is 2.78. The summed E-state index contributed by atoms with van der Waals surface area (Å²) in [5.74, 6) is 0.906. The van der Waals surface area contributed by atoms with Crippen LogP contribution in [0.5, 0.6) is 0 Å². The van der Waals surface area contributed by atoms with Gasteiger partial charge in [0.05, 0.1) is 0 Å². The molecule has 0 aromatic carbocycles. The van der Waals surface area contributed by atoms with Gasteiger partial charge in [-0.2, -0.15) is 0 Å². The molecule has 0 aromatic heterocycles. The van der Waals surface area contributed by atoms with E-state index in [2.05, 4.69) is 0 Å². The Balaban J connectivity index is 1.99. The molecule has 2 rings (SSSR count). The lowest BCUT2D eigenvalue weighted by molar-refractivity contribution is -0.127. The van der Waals surface area contributed by atoms with Crippen LogP contribution in [0, 0.1) is 17.8 Å². The van der Waals surface area contributed by atoms with Crippen LogP contribution in [0.15, 0.2) is 0 Å². The molecule has 2 aliphatic carbocycles. The molecule has 0 unspecified atom stereocenters. The standard InChI is InChI=1S/C14H24NO/c15-14(16)13(11-7-3-1-4-8-11)12-9-5-2-6-10-12/h11-13,15H,1-10H2. The van der Waals surface area contributed by atoms with Crippen molar-refractivity contribution in [2.75, 3.05) is 0 Å². The normalized spacial score (nSPS) is 24.8. The molecule has 0 spiro atoms. The maximum absolute atomic E-state index is 11.6. The molecule has 16 heavy (non-hydrogen) atoms. The average molecular weight is 222 g/mol. The van der Waals surface area contributed by atoms with Crippen molar-refractivity contribution < 1.29 is 4.79 Å². The van der Waals surface area contributed by atoms with Gasteiger partial charge in [0.2, 0.25) is 5.91 Å². The van der Waals surface area contributed by atoms with Gasteiger partial charge in [-0.25, -0.2) is 0 Å². The second-order valence-corrected chi connectivity index (χ2v) is 5.69. The average Bonchev–Trinajstić information content (AvgIpc) is 2.31. The van der Waals surface area contributed by atoms with E-state index in [0.717, 1.165) is 0 Å². The first-order valence-electron chi connectivity index (χ1n) is 7.04. The highest BCUT2D eigenvalue weighted by Crippen LogP contribution is 2.39. The van der Waals surface area contributed by atoms with Crippen molar-refractivity contribution >= 4 is 5.91 Å². The van der Waals surface area contributed by atoms with Crippen LogP contribution >= 0.6 is 0 Å². The maximum Gasteiger partial charge on any atom is 0.242 e. The molecule has 2 saturated carbocycles. The van der Waals surface area contributed by atoms with Crippen LogP contribution in [0.1, 0.15) is 64.2 Å². The van der Waals surface area contributed by atoms with Gasteiger partial charge in [0, 0.05) is 5.92 Å². The van der Waals surface area contributed by atoms with Crippen LogP contribution in [0.4, 0.5) is 0 Å². The first kappa shape index (κ1) is 11.9. The fraction of sp³-hybridized carbons (Fsp3) is 0.929. The van der Waals surface area contributed by atoms with Gasteiger partial charge in [-0.05, 0) is 37.5 Å². The van der Waals surface area contributed by atoms with Crippen LogP contribution in [0.2, 0.25) is 0 Å². The summed E-state index contributed by atoms with van der Waals surface area (Å²) in [6.45, 7) is 0. The Bertz CT molecular complexity index is 209. The Kier molecular flexibility index (Phi) is 4.25. The smallest absolute Gasteiger partial charge is 0.242 e. The molecule has 1 radical (unpaired) electrons. The summed E-state index contributed by atoms with van der Waals surface area (Å²) in [5.41, 5.74) is 7.57. The van der Waals surface area contributed by atoms with E-state index in [9.17, 15) is 4.79 Å². The molecule has 0 atom stereocenters. The number of rotatable bonds is 3. The molecule has 2 nitrogen and oxygen atoms in total. The van der Waals surface area contributed by atoms with Gasteiger partial charge >= 0.3 is 0 Å². The van der Waals surface area contributed by atoms with Crippen molar-refractivity contribution in [2.24, 2.45) is 17.8 Å². The Morgan fingerprint density at radius 3 is 1.50 bits per heavy atom. The van der Waals surface area contributed by atoms with E-state index in [1.54, 1.807) is 0 Å². The predicted octanol–water partition coefficient (Wildman–Crippen LogP) is 3.57. The van der Waals surface area contributed by atoms with Crippen LogP contribution in [-0.4, -0.2) is 5.91 Å². The monoisotopic (exact) mass is 222 g/mol. The van der Waals surface area contributed by atoms with Crippen LogP contribution < -0.4 is 5.73 Å².